The van der Waals surface area contributed by atoms with Gasteiger partial charge in [-0.1, -0.05) is 6.07 Å². The highest BCUT2D eigenvalue weighted by Crippen LogP contribution is 2.16. The van der Waals surface area contributed by atoms with E-state index in [0.717, 1.165) is 24.6 Å². The van der Waals surface area contributed by atoms with Gasteiger partial charge >= 0.3 is 0 Å². The van der Waals surface area contributed by atoms with Crippen LogP contribution in [0.4, 0.5) is 5.82 Å². The van der Waals surface area contributed by atoms with Crippen LogP contribution in [-0.2, 0) is 0 Å². The Labute approximate surface area is 96.2 Å². The summed E-state index contributed by atoms with van der Waals surface area (Å²) in [5.41, 5.74) is 6.77. The molecule has 1 aromatic heterocycles. The molecule has 0 saturated carbocycles. The molecule has 2 N–H and O–H groups in total. The lowest BCUT2D eigenvalue weighted by atomic mass is 10.2. The SMILES string of the molecule is C[C@@H]1CN(c2cccc([C@@H](C)N)n2)CC=N1. The molecular weight excluding hydrogens is 200 g/mol. The Hall–Kier alpha value is -1.42. The molecule has 0 fully saturated rings. The van der Waals surface area contributed by atoms with E-state index in [9.17, 15) is 0 Å². The second-order valence-electron chi connectivity index (χ2n) is 4.29. The molecule has 16 heavy (non-hydrogen) atoms. The standard InChI is InChI=1S/C12H18N4/c1-9-8-16(7-6-14-9)12-5-3-4-11(15-12)10(2)13/h3-6,9-10H,7-8,13H2,1-2H3/t9-,10-/m1/s1. The lowest BCUT2D eigenvalue weighted by molar-refractivity contribution is 0.676. The molecule has 0 saturated heterocycles. The zero-order chi connectivity index (χ0) is 11.5. The lowest BCUT2D eigenvalue weighted by Gasteiger charge is -2.27. The Morgan fingerprint density at radius 3 is 3.00 bits per heavy atom. The third-order valence-corrected chi connectivity index (χ3v) is 2.69. The molecule has 1 aromatic rings. The number of hydrogen-bond acceptors (Lipinski definition) is 4. The summed E-state index contributed by atoms with van der Waals surface area (Å²) in [5, 5.41) is 0. The molecule has 0 aromatic carbocycles. The molecular formula is C12H18N4. The normalized spacial score (nSPS) is 22.2. The smallest absolute Gasteiger partial charge is 0.129 e. The van der Waals surface area contributed by atoms with Crippen LogP contribution >= 0.6 is 0 Å². The van der Waals surface area contributed by atoms with Gasteiger partial charge in [-0.15, -0.1) is 0 Å². The first kappa shape index (κ1) is 11.1. The van der Waals surface area contributed by atoms with E-state index < -0.39 is 0 Å². The minimum Gasteiger partial charge on any atom is -0.349 e. The number of aliphatic imine (C=N–C) groups is 1. The molecule has 0 unspecified atom stereocenters. The van der Waals surface area contributed by atoms with Gasteiger partial charge in [0.25, 0.3) is 0 Å². The van der Waals surface area contributed by atoms with Gasteiger partial charge in [0.2, 0.25) is 0 Å². The number of rotatable bonds is 2. The fourth-order valence-corrected chi connectivity index (χ4v) is 1.82. The molecule has 0 aliphatic carbocycles. The summed E-state index contributed by atoms with van der Waals surface area (Å²) >= 11 is 0. The summed E-state index contributed by atoms with van der Waals surface area (Å²) in [4.78, 5) is 11.1. The van der Waals surface area contributed by atoms with Crippen molar-refractivity contribution in [2.45, 2.75) is 25.9 Å². The topological polar surface area (TPSA) is 54.5 Å². The van der Waals surface area contributed by atoms with Crippen LogP contribution in [0.2, 0.25) is 0 Å². The van der Waals surface area contributed by atoms with Crippen molar-refractivity contribution in [1.29, 1.82) is 0 Å². The highest BCUT2D eigenvalue weighted by Gasteiger charge is 2.14. The molecule has 86 valence electrons. The minimum atomic E-state index is -0.0177. The summed E-state index contributed by atoms with van der Waals surface area (Å²) in [6.07, 6.45) is 1.95. The first-order chi connectivity index (χ1) is 7.66. The number of pyridine rings is 1. The van der Waals surface area contributed by atoms with Crippen LogP contribution in [0.5, 0.6) is 0 Å². The van der Waals surface area contributed by atoms with E-state index in [0.29, 0.717) is 6.04 Å². The maximum Gasteiger partial charge on any atom is 0.129 e. The maximum absolute atomic E-state index is 5.83. The summed E-state index contributed by atoms with van der Waals surface area (Å²) < 4.78 is 0. The average Bonchev–Trinajstić information content (AvgIpc) is 2.29. The van der Waals surface area contributed by atoms with Gasteiger partial charge < -0.3 is 10.6 Å². The van der Waals surface area contributed by atoms with E-state index in [4.69, 9.17) is 5.73 Å². The Kier molecular flexibility index (Phi) is 3.19. The molecule has 2 rings (SSSR count). The van der Waals surface area contributed by atoms with Crippen LogP contribution in [0.3, 0.4) is 0 Å². The van der Waals surface area contributed by atoms with Crippen molar-refractivity contribution in [3.8, 4) is 0 Å². The Bertz CT molecular complexity index is 386. The van der Waals surface area contributed by atoms with Gasteiger partial charge in [0.05, 0.1) is 18.3 Å². The summed E-state index contributed by atoms with van der Waals surface area (Å²) in [6, 6.07) is 6.33. The molecule has 2 atom stereocenters. The van der Waals surface area contributed by atoms with E-state index in [2.05, 4.69) is 21.8 Å². The van der Waals surface area contributed by atoms with Gasteiger partial charge in [-0.3, -0.25) is 4.99 Å². The molecule has 4 nitrogen and oxygen atoms in total. The van der Waals surface area contributed by atoms with E-state index in [1.165, 1.54) is 0 Å². The van der Waals surface area contributed by atoms with Crippen molar-refractivity contribution in [1.82, 2.24) is 4.98 Å². The van der Waals surface area contributed by atoms with Gasteiger partial charge in [-0.25, -0.2) is 4.98 Å². The zero-order valence-corrected chi connectivity index (χ0v) is 9.80. The van der Waals surface area contributed by atoms with Crippen molar-refractivity contribution >= 4 is 12.0 Å². The van der Waals surface area contributed by atoms with E-state index in [-0.39, 0.29) is 6.04 Å². The monoisotopic (exact) mass is 218 g/mol. The van der Waals surface area contributed by atoms with E-state index >= 15 is 0 Å². The highest BCUT2D eigenvalue weighted by atomic mass is 15.2. The van der Waals surface area contributed by atoms with Crippen LogP contribution in [-0.4, -0.2) is 30.3 Å². The first-order valence-corrected chi connectivity index (χ1v) is 5.66. The zero-order valence-electron chi connectivity index (χ0n) is 9.80. The maximum atomic E-state index is 5.83. The van der Waals surface area contributed by atoms with Crippen LogP contribution in [0, 0.1) is 0 Å². The van der Waals surface area contributed by atoms with Crippen LogP contribution < -0.4 is 10.6 Å². The minimum absolute atomic E-state index is 0.0177. The van der Waals surface area contributed by atoms with Crippen molar-refractivity contribution < 1.29 is 0 Å². The van der Waals surface area contributed by atoms with Crippen molar-refractivity contribution in [2.75, 3.05) is 18.0 Å². The Morgan fingerprint density at radius 1 is 1.50 bits per heavy atom. The molecule has 0 spiro atoms. The molecule has 4 heteroatoms. The van der Waals surface area contributed by atoms with Gasteiger partial charge in [0.1, 0.15) is 5.82 Å². The molecule has 1 aliphatic rings. The Balaban J connectivity index is 2.20. The van der Waals surface area contributed by atoms with E-state index in [1.807, 2.05) is 31.3 Å². The summed E-state index contributed by atoms with van der Waals surface area (Å²) in [6.45, 7) is 5.82. The average molecular weight is 218 g/mol. The third kappa shape index (κ3) is 2.39. The van der Waals surface area contributed by atoms with Crippen molar-refractivity contribution in [3.63, 3.8) is 0 Å². The van der Waals surface area contributed by atoms with Gasteiger partial charge in [0, 0.05) is 18.8 Å². The predicted molar refractivity (Wildman–Crippen MR) is 67.0 cm³/mol. The number of aromatic nitrogens is 1. The van der Waals surface area contributed by atoms with Crippen molar-refractivity contribution in [3.05, 3.63) is 23.9 Å². The summed E-state index contributed by atoms with van der Waals surface area (Å²) in [5.74, 6) is 0.993. The second-order valence-corrected chi connectivity index (χ2v) is 4.29. The third-order valence-electron chi connectivity index (χ3n) is 2.69. The van der Waals surface area contributed by atoms with E-state index in [1.54, 1.807) is 0 Å². The highest BCUT2D eigenvalue weighted by molar-refractivity contribution is 5.67. The molecule has 0 radical (unpaired) electrons. The molecule has 1 aliphatic heterocycles. The van der Waals surface area contributed by atoms with Gasteiger partial charge in [0.15, 0.2) is 0 Å². The largest absolute Gasteiger partial charge is 0.349 e. The van der Waals surface area contributed by atoms with Crippen LogP contribution in [0.15, 0.2) is 23.2 Å². The second kappa shape index (κ2) is 4.61. The number of hydrogen-bond donors (Lipinski definition) is 1. The van der Waals surface area contributed by atoms with Crippen LogP contribution in [0.25, 0.3) is 0 Å². The number of nitrogens with two attached hydrogens (primary N) is 1. The Morgan fingerprint density at radius 2 is 2.31 bits per heavy atom. The molecule has 0 bridgehead atoms. The van der Waals surface area contributed by atoms with Gasteiger partial charge in [-0.2, -0.15) is 0 Å². The summed E-state index contributed by atoms with van der Waals surface area (Å²) in [7, 11) is 0. The van der Waals surface area contributed by atoms with Crippen molar-refractivity contribution in [2.24, 2.45) is 10.7 Å². The fraction of sp³-hybridized carbons (Fsp3) is 0.500. The van der Waals surface area contributed by atoms with Gasteiger partial charge in [-0.05, 0) is 26.0 Å². The molecule has 2 heterocycles. The molecule has 0 amide bonds. The fourth-order valence-electron chi connectivity index (χ4n) is 1.82. The predicted octanol–water partition coefficient (Wildman–Crippen LogP) is 1.38. The first-order valence-electron chi connectivity index (χ1n) is 5.66. The quantitative estimate of drug-likeness (QED) is 0.816. The lowest BCUT2D eigenvalue weighted by Crippen LogP contribution is -2.36. The number of nitrogens with zero attached hydrogens (tertiary/aromatic N) is 3. The van der Waals surface area contributed by atoms with Crippen LogP contribution in [0.1, 0.15) is 25.6 Å². The number of anilines is 1.